The summed E-state index contributed by atoms with van der Waals surface area (Å²) in [6.07, 6.45) is 0.891. The van der Waals surface area contributed by atoms with Crippen molar-refractivity contribution in [2.45, 2.75) is 46.6 Å². The zero-order valence-corrected chi connectivity index (χ0v) is 12.0. The first-order valence-electron chi connectivity index (χ1n) is 6.35. The number of hydrogen-bond donors (Lipinski definition) is 1. The summed E-state index contributed by atoms with van der Waals surface area (Å²) in [6, 6.07) is 5.93. The molecular formula is C15H23NO2. The van der Waals surface area contributed by atoms with Crippen LogP contribution in [0.5, 0.6) is 5.75 Å². The summed E-state index contributed by atoms with van der Waals surface area (Å²) in [5.74, 6) is 0.687. The maximum absolute atomic E-state index is 11.7. The van der Waals surface area contributed by atoms with Gasteiger partial charge in [-0.25, -0.2) is 0 Å². The lowest BCUT2D eigenvalue weighted by molar-refractivity contribution is -0.124. The molecule has 0 heterocycles. The monoisotopic (exact) mass is 249 g/mol. The molecule has 3 nitrogen and oxygen atoms in total. The van der Waals surface area contributed by atoms with Crippen LogP contribution in [0.4, 0.5) is 0 Å². The topological polar surface area (TPSA) is 38.3 Å². The lowest BCUT2D eigenvalue weighted by Gasteiger charge is -2.24. The van der Waals surface area contributed by atoms with Gasteiger partial charge in [0.15, 0.2) is 6.61 Å². The zero-order chi connectivity index (χ0) is 13.8. The number of nitrogens with one attached hydrogen (secondary N) is 1. The summed E-state index contributed by atoms with van der Waals surface area (Å²) < 4.78 is 5.53. The third-order valence-corrected chi connectivity index (χ3v) is 3.05. The predicted molar refractivity (Wildman–Crippen MR) is 73.9 cm³/mol. The summed E-state index contributed by atoms with van der Waals surface area (Å²) in [5.41, 5.74) is 2.07. The van der Waals surface area contributed by atoms with Gasteiger partial charge in [-0.15, -0.1) is 0 Å². The lowest BCUT2D eigenvalue weighted by atomic mass is 10.0. The number of aryl methyl sites for hydroxylation is 2. The lowest BCUT2D eigenvalue weighted by Crippen LogP contribution is -2.44. The first-order valence-corrected chi connectivity index (χ1v) is 6.35. The minimum Gasteiger partial charge on any atom is -0.484 e. The van der Waals surface area contributed by atoms with E-state index in [0.717, 1.165) is 17.7 Å². The first-order chi connectivity index (χ1) is 8.34. The van der Waals surface area contributed by atoms with Crippen LogP contribution in [0.15, 0.2) is 18.2 Å². The number of carbonyl (C=O) groups excluding carboxylic acids is 1. The Balaban J connectivity index is 2.53. The largest absolute Gasteiger partial charge is 0.484 e. The van der Waals surface area contributed by atoms with Crippen LogP contribution in [0.3, 0.4) is 0 Å². The molecule has 1 aromatic rings. The van der Waals surface area contributed by atoms with Gasteiger partial charge < -0.3 is 10.1 Å². The van der Waals surface area contributed by atoms with Gasteiger partial charge in [0, 0.05) is 5.54 Å². The van der Waals surface area contributed by atoms with E-state index in [1.54, 1.807) is 0 Å². The third kappa shape index (κ3) is 4.40. The van der Waals surface area contributed by atoms with E-state index in [9.17, 15) is 4.79 Å². The summed E-state index contributed by atoms with van der Waals surface area (Å²) >= 11 is 0. The SMILES string of the molecule is CCC(C)(C)NC(=O)COc1ccc(C)cc1C. The number of benzene rings is 1. The van der Waals surface area contributed by atoms with Crippen LogP contribution in [0.2, 0.25) is 0 Å². The molecule has 0 spiro atoms. The summed E-state index contributed by atoms with van der Waals surface area (Å²) in [4.78, 5) is 11.7. The highest BCUT2D eigenvalue weighted by molar-refractivity contribution is 5.78. The van der Waals surface area contributed by atoms with Gasteiger partial charge in [-0.3, -0.25) is 4.79 Å². The maximum atomic E-state index is 11.7. The Bertz CT molecular complexity index is 425. The van der Waals surface area contributed by atoms with Crippen molar-refractivity contribution in [3.8, 4) is 5.75 Å². The summed E-state index contributed by atoms with van der Waals surface area (Å²) in [6.45, 7) is 10.1. The Kier molecular flexibility index (Phi) is 4.76. The summed E-state index contributed by atoms with van der Waals surface area (Å²) in [5, 5.41) is 2.94. The van der Waals surface area contributed by atoms with E-state index in [-0.39, 0.29) is 18.1 Å². The van der Waals surface area contributed by atoms with E-state index in [1.807, 2.05) is 52.8 Å². The fourth-order valence-electron chi connectivity index (χ4n) is 1.61. The van der Waals surface area contributed by atoms with Crippen LogP contribution in [0.25, 0.3) is 0 Å². The molecule has 3 heteroatoms. The maximum Gasteiger partial charge on any atom is 0.258 e. The molecule has 1 rings (SSSR count). The Hall–Kier alpha value is -1.51. The highest BCUT2D eigenvalue weighted by atomic mass is 16.5. The van der Waals surface area contributed by atoms with E-state index in [1.165, 1.54) is 5.56 Å². The molecule has 100 valence electrons. The van der Waals surface area contributed by atoms with Crippen molar-refractivity contribution >= 4 is 5.91 Å². The smallest absolute Gasteiger partial charge is 0.258 e. The van der Waals surface area contributed by atoms with Crippen molar-refractivity contribution in [3.05, 3.63) is 29.3 Å². The standard InChI is InChI=1S/C15H23NO2/c1-6-15(4,5)16-14(17)10-18-13-8-7-11(2)9-12(13)3/h7-9H,6,10H2,1-5H3,(H,16,17). The van der Waals surface area contributed by atoms with Gasteiger partial charge in [-0.2, -0.15) is 0 Å². The highest BCUT2D eigenvalue weighted by Crippen LogP contribution is 2.18. The molecule has 0 radical (unpaired) electrons. The van der Waals surface area contributed by atoms with Crippen LogP contribution >= 0.6 is 0 Å². The molecule has 0 fully saturated rings. The van der Waals surface area contributed by atoms with Gasteiger partial charge in [0.1, 0.15) is 5.75 Å². The van der Waals surface area contributed by atoms with Gasteiger partial charge in [-0.1, -0.05) is 24.6 Å². The van der Waals surface area contributed by atoms with Crippen LogP contribution in [-0.2, 0) is 4.79 Å². The van der Waals surface area contributed by atoms with E-state index < -0.39 is 0 Å². The molecule has 1 amide bonds. The molecule has 0 aliphatic carbocycles. The number of carbonyl (C=O) groups is 1. The normalized spacial score (nSPS) is 11.2. The summed E-state index contributed by atoms with van der Waals surface area (Å²) in [7, 11) is 0. The number of rotatable bonds is 5. The molecule has 0 aliphatic heterocycles. The van der Waals surface area contributed by atoms with Crippen LogP contribution < -0.4 is 10.1 Å². The van der Waals surface area contributed by atoms with E-state index in [0.29, 0.717) is 0 Å². The molecule has 0 bridgehead atoms. The number of ether oxygens (including phenoxy) is 1. The minimum atomic E-state index is -0.178. The van der Waals surface area contributed by atoms with Crippen molar-refractivity contribution in [1.29, 1.82) is 0 Å². The molecule has 1 aromatic carbocycles. The second kappa shape index (κ2) is 5.89. The zero-order valence-electron chi connectivity index (χ0n) is 12.0. The van der Waals surface area contributed by atoms with Gasteiger partial charge in [0.05, 0.1) is 0 Å². The molecule has 0 unspecified atom stereocenters. The second-order valence-corrected chi connectivity index (χ2v) is 5.34. The van der Waals surface area contributed by atoms with E-state index in [4.69, 9.17) is 4.74 Å². The van der Waals surface area contributed by atoms with E-state index >= 15 is 0 Å². The predicted octanol–water partition coefficient (Wildman–Crippen LogP) is 2.99. The van der Waals surface area contributed by atoms with Crippen LogP contribution in [0.1, 0.15) is 38.3 Å². The Morgan fingerprint density at radius 2 is 2.00 bits per heavy atom. The van der Waals surface area contributed by atoms with Crippen LogP contribution in [0, 0.1) is 13.8 Å². The fraction of sp³-hybridized carbons (Fsp3) is 0.533. The van der Waals surface area contributed by atoms with Gasteiger partial charge in [0.25, 0.3) is 5.91 Å². The second-order valence-electron chi connectivity index (χ2n) is 5.34. The average molecular weight is 249 g/mol. The van der Waals surface area contributed by atoms with Crippen molar-refractivity contribution in [2.75, 3.05) is 6.61 Å². The quantitative estimate of drug-likeness (QED) is 0.871. The Morgan fingerprint density at radius 3 is 2.56 bits per heavy atom. The average Bonchev–Trinajstić information content (AvgIpc) is 2.27. The molecule has 0 aromatic heterocycles. The van der Waals surface area contributed by atoms with Crippen molar-refractivity contribution in [1.82, 2.24) is 5.32 Å². The first kappa shape index (κ1) is 14.6. The molecule has 0 atom stereocenters. The van der Waals surface area contributed by atoms with E-state index in [2.05, 4.69) is 5.32 Å². The van der Waals surface area contributed by atoms with Crippen molar-refractivity contribution in [2.24, 2.45) is 0 Å². The minimum absolute atomic E-state index is 0.0628. The van der Waals surface area contributed by atoms with Gasteiger partial charge >= 0.3 is 0 Å². The van der Waals surface area contributed by atoms with Gasteiger partial charge in [-0.05, 0) is 45.7 Å². The third-order valence-electron chi connectivity index (χ3n) is 3.05. The molecule has 0 saturated heterocycles. The fourth-order valence-corrected chi connectivity index (χ4v) is 1.61. The Morgan fingerprint density at radius 1 is 1.33 bits per heavy atom. The molecule has 1 N–H and O–H groups in total. The number of amides is 1. The van der Waals surface area contributed by atoms with Gasteiger partial charge in [0.2, 0.25) is 0 Å². The molecule has 0 aliphatic rings. The Labute approximate surface area is 110 Å². The molecule has 18 heavy (non-hydrogen) atoms. The highest BCUT2D eigenvalue weighted by Gasteiger charge is 2.17. The van der Waals surface area contributed by atoms with Crippen molar-refractivity contribution < 1.29 is 9.53 Å². The van der Waals surface area contributed by atoms with Crippen molar-refractivity contribution in [3.63, 3.8) is 0 Å². The molecular weight excluding hydrogens is 226 g/mol. The van der Waals surface area contributed by atoms with Crippen LogP contribution in [-0.4, -0.2) is 18.1 Å². The number of hydrogen-bond acceptors (Lipinski definition) is 2. The molecule has 0 saturated carbocycles.